The SMILES string of the molecule is CCCc1ccccc1-n1nncc1CNCC(C)C. The van der Waals surface area contributed by atoms with Gasteiger partial charge in [0.2, 0.25) is 0 Å². The summed E-state index contributed by atoms with van der Waals surface area (Å²) in [5, 5.41) is 11.8. The van der Waals surface area contributed by atoms with Crippen LogP contribution < -0.4 is 5.32 Å². The summed E-state index contributed by atoms with van der Waals surface area (Å²) < 4.78 is 1.96. The molecule has 2 aromatic rings. The number of aryl methyl sites for hydroxylation is 1. The molecule has 0 aliphatic rings. The molecule has 0 unspecified atom stereocenters. The number of rotatable bonds is 7. The van der Waals surface area contributed by atoms with Crippen molar-refractivity contribution >= 4 is 0 Å². The van der Waals surface area contributed by atoms with Gasteiger partial charge < -0.3 is 5.32 Å². The lowest BCUT2D eigenvalue weighted by molar-refractivity contribution is 0.542. The predicted molar refractivity (Wildman–Crippen MR) is 81.9 cm³/mol. The van der Waals surface area contributed by atoms with Crippen LogP contribution in [0.5, 0.6) is 0 Å². The van der Waals surface area contributed by atoms with Crippen LogP contribution in [0.4, 0.5) is 0 Å². The zero-order valence-electron chi connectivity index (χ0n) is 12.6. The van der Waals surface area contributed by atoms with E-state index >= 15 is 0 Å². The van der Waals surface area contributed by atoms with E-state index in [1.807, 2.05) is 10.9 Å². The van der Waals surface area contributed by atoms with E-state index in [-0.39, 0.29) is 0 Å². The van der Waals surface area contributed by atoms with E-state index in [0.717, 1.165) is 37.3 Å². The van der Waals surface area contributed by atoms with Gasteiger partial charge in [-0.3, -0.25) is 0 Å². The molecule has 0 bridgehead atoms. The number of benzene rings is 1. The highest BCUT2D eigenvalue weighted by Gasteiger charge is 2.09. The minimum absolute atomic E-state index is 0.645. The lowest BCUT2D eigenvalue weighted by Gasteiger charge is -2.12. The molecule has 2 rings (SSSR count). The van der Waals surface area contributed by atoms with Gasteiger partial charge in [-0.2, -0.15) is 0 Å². The molecule has 0 radical (unpaired) electrons. The van der Waals surface area contributed by atoms with Crippen LogP contribution in [0.25, 0.3) is 5.69 Å². The van der Waals surface area contributed by atoms with Crippen LogP contribution in [0.15, 0.2) is 30.5 Å². The molecule has 1 aromatic carbocycles. The first kappa shape index (κ1) is 14.7. The third-order valence-electron chi connectivity index (χ3n) is 3.22. The Labute approximate surface area is 121 Å². The standard InChI is InChI=1S/C16H24N4/c1-4-7-14-8-5-6-9-16(14)20-15(12-18-19-20)11-17-10-13(2)3/h5-6,8-9,12-13,17H,4,7,10-11H2,1-3H3. The van der Waals surface area contributed by atoms with Crippen LogP contribution in [0, 0.1) is 5.92 Å². The Balaban J connectivity index is 2.19. The molecule has 0 spiro atoms. The topological polar surface area (TPSA) is 42.7 Å². The van der Waals surface area contributed by atoms with Gasteiger partial charge in [-0.05, 0) is 30.5 Å². The van der Waals surface area contributed by atoms with Gasteiger partial charge in [0.25, 0.3) is 0 Å². The molecule has 0 saturated carbocycles. The normalized spacial score (nSPS) is 11.2. The van der Waals surface area contributed by atoms with E-state index < -0.39 is 0 Å². The smallest absolute Gasteiger partial charge is 0.0783 e. The molecule has 0 fully saturated rings. The van der Waals surface area contributed by atoms with Crippen molar-refractivity contribution in [2.45, 2.75) is 40.2 Å². The lowest BCUT2D eigenvalue weighted by atomic mass is 10.1. The van der Waals surface area contributed by atoms with Gasteiger partial charge in [0, 0.05) is 6.54 Å². The first-order chi connectivity index (χ1) is 9.72. The second-order valence-corrected chi connectivity index (χ2v) is 5.54. The van der Waals surface area contributed by atoms with Crippen molar-refractivity contribution in [3.63, 3.8) is 0 Å². The molecule has 20 heavy (non-hydrogen) atoms. The highest BCUT2D eigenvalue weighted by molar-refractivity contribution is 5.41. The van der Waals surface area contributed by atoms with Gasteiger partial charge in [0.15, 0.2) is 0 Å². The second-order valence-electron chi connectivity index (χ2n) is 5.54. The molecule has 1 aromatic heterocycles. The Hall–Kier alpha value is -1.68. The number of nitrogens with one attached hydrogen (secondary N) is 1. The Morgan fingerprint density at radius 2 is 2.05 bits per heavy atom. The van der Waals surface area contributed by atoms with Crippen molar-refractivity contribution in [1.29, 1.82) is 0 Å². The average Bonchev–Trinajstić information content (AvgIpc) is 2.88. The maximum atomic E-state index is 4.25. The van der Waals surface area contributed by atoms with Crippen LogP contribution in [0.1, 0.15) is 38.4 Å². The van der Waals surface area contributed by atoms with E-state index in [2.05, 4.69) is 60.7 Å². The number of para-hydroxylation sites is 1. The summed E-state index contributed by atoms with van der Waals surface area (Å²) in [5.41, 5.74) is 3.58. The van der Waals surface area contributed by atoms with Crippen molar-refractivity contribution in [3.05, 3.63) is 41.7 Å². The highest BCUT2D eigenvalue weighted by atomic mass is 15.4. The first-order valence-electron chi connectivity index (χ1n) is 7.41. The molecular formula is C16H24N4. The van der Waals surface area contributed by atoms with Gasteiger partial charge in [-0.1, -0.05) is 50.6 Å². The highest BCUT2D eigenvalue weighted by Crippen LogP contribution is 2.17. The minimum atomic E-state index is 0.645. The zero-order valence-corrected chi connectivity index (χ0v) is 12.6. The molecule has 0 aliphatic heterocycles. The van der Waals surface area contributed by atoms with Gasteiger partial charge in [-0.25, -0.2) is 4.68 Å². The number of aromatic nitrogens is 3. The summed E-state index contributed by atoms with van der Waals surface area (Å²) in [5.74, 6) is 0.645. The summed E-state index contributed by atoms with van der Waals surface area (Å²) in [4.78, 5) is 0. The van der Waals surface area contributed by atoms with E-state index in [1.165, 1.54) is 5.56 Å². The molecule has 4 nitrogen and oxygen atoms in total. The minimum Gasteiger partial charge on any atom is -0.311 e. The summed E-state index contributed by atoms with van der Waals surface area (Å²) >= 11 is 0. The molecule has 0 amide bonds. The van der Waals surface area contributed by atoms with Crippen molar-refractivity contribution in [1.82, 2.24) is 20.3 Å². The van der Waals surface area contributed by atoms with Crippen LogP contribution >= 0.6 is 0 Å². The summed E-state index contributed by atoms with van der Waals surface area (Å²) in [7, 11) is 0. The van der Waals surface area contributed by atoms with E-state index in [9.17, 15) is 0 Å². The van der Waals surface area contributed by atoms with Crippen molar-refractivity contribution < 1.29 is 0 Å². The second kappa shape index (κ2) is 7.20. The summed E-state index contributed by atoms with van der Waals surface area (Å²) in [6.45, 7) is 8.41. The average molecular weight is 272 g/mol. The monoisotopic (exact) mass is 272 g/mol. The molecule has 0 atom stereocenters. The zero-order chi connectivity index (χ0) is 14.4. The predicted octanol–water partition coefficient (Wildman–Crippen LogP) is 2.97. The van der Waals surface area contributed by atoms with E-state index in [0.29, 0.717) is 5.92 Å². The molecule has 1 heterocycles. The quantitative estimate of drug-likeness (QED) is 0.842. The number of hydrogen-bond acceptors (Lipinski definition) is 3. The fourth-order valence-corrected chi connectivity index (χ4v) is 2.27. The summed E-state index contributed by atoms with van der Waals surface area (Å²) in [6.07, 6.45) is 4.04. The van der Waals surface area contributed by atoms with Gasteiger partial charge in [0.05, 0.1) is 17.6 Å². The van der Waals surface area contributed by atoms with Crippen LogP contribution in [0.2, 0.25) is 0 Å². The largest absolute Gasteiger partial charge is 0.311 e. The molecule has 0 saturated heterocycles. The molecular weight excluding hydrogens is 248 g/mol. The third kappa shape index (κ3) is 3.67. The van der Waals surface area contributed by atoms with Crippen molar-refractivity contribution in [3.8, 4) is 5.69 Å². The number of hydrogen-bond donors (Lipinski definition) is 1. The lowest BCUT2D eigenvalue weighted by Crippen LogP contribution is -2.21. The van der Waals surface area contributed by atoms with Gasteiger partial charge in [-0.15, -0.1) is 5.10 Å². The maximum absolute atomic E-state index is 4.25. The van der Waals surface area contributed by atoms with E-state index in [4.69, 9.17) is 0 Å². The Morgan fingerprint density at radius 3 is 2.80 bits per heavy atom. The third-order valence-corrected chi connectivity index (χ3v) is 3.22. The Bertz CT molecular complexity index is 531. The fraction of sp³-hybridized carbons (Fsp3) is 0.500. The first-order valence-corrected chi connectivity index (χ1v) is 7.41. The molecule has 4 heteroatoms. The van der Waals surface area contributed by atoms with Gasteiger partial charge in [0.1, 0.15) is 0 Å². The Kier molecular flexibility index (Phi) is 5.30. The van der Waals surface area contributed by atoms with Crippen LogP contribution in [-0.2, 0) is 13.0 Å². The van der Waals surface area contributed by atoms with Crippen molar-refractivity contribution in [2.75, 3.05) is 6.54 Å². The summed E-state index contributed by atoms with van der Waals surface area (Å²) in [6, 6.07) is 8.43. The van der Waals surface area contributed by atoms with Crippen molar-refractivity contribution in [2.24, 2.45) is 5.92 Å². The maximum Gasteiger partial charge on any atom is 0.0783 e. The van der Waals surface area contributed by atoms with E-state index in [1.54, 1.807) is 0 Å². The molecule has 108 valence electrons. The van der Waals surface area contributed by atoms with Crippen LogP contribution in [0.3, 0.4) is 0 Å². The number of nitrogens with zero attached hydrogens (tertiary/aromatic N) is 3. The Morgan fingerprint density at radius 1 is 1.25 bits per heavy atom. The molecule has 1 N–H and O–H groups in total. The van der Waals surface area contributed by atoms with Crippen LogP contribution in [-0.4, -0.2) is 21.5 Å². The fourth-order valence-electron chi connectivity index (χ4n) is 2.27. The van der Waals surface area contributed by atoms with Gasteiger partial charge >= 0.3 is 0 Å². The molecule has 0 aliphatic carbocycles.